The van der Waals surface area contributed by atoms with Gasteiger partial charge in [0.25, 0.3) is 0 Å². The molecule has 0 atom stereocenters. The van der Waals surface area contributed by atoms with Gasteiger partial charge in [0, 0.05) is 54.5 Å². The maximum Gasteiger partial charge on any atom is 0.0789 e. The largest absolute Gasteiger partial charge is 0.308 e. The number of fused-ring (bicyclic) bond motifs is 16. The van der Waals surface area contributed by atoms with Gasteiger partial charge in [-0.3, -0.25) is 0 Å². The van der Waals surface area contributed by atoms with Gasteiger partial charge in [-0.1, -0.05) is 133 Å². The quantitative estimate of drug-likeness (QED) is 0.174. The highest BCUT2D eigenvalue weighted by Crippen LogP contribution is 2.52. The molecular formula is C58H45N3. The molecule has 13 aromatic rings. The topological polar surface area (TPSA) is 12.1 Å². The van der Waals surface area contributed by atoms with Gasteiger partial charge >= 0.3 is 0 Å². The molecule has 0 aliphatic heterocycles. The summed E-state index contributed by atoms with van der Waals surface area (Å²) in [6.45, 7) is 14.0. The van der Waals surface area contributed by atoms with Crippen LogP contribution in [0.1, 0.15) is 52.7 Å². The van der Waals surface area contributed by atoms with Crippen molar-refractivity contribution in [2.75, 3.05) is 4.90 Å². The number of para-hydroxylation sites is 2. The van der Waals surface area contributed by atoms with Gasteiger partial charge in [0.2, 0.25) is 0 Å². The highest BCUT2D eigenvalue weighted by molar-refractivity contribution is 6.37. The van der Waals surface area contributed by atoms with E-state index in [4.69, 9.17) is 0 Å². The SMILES string of the molecule is CC(C)(C)c1ccc2c(c1)c1cc(C(C)(C)C)cc3c4cc5c(cc4n2c13)c1c2ccccc2cc2c3c4ccccc4cc(N(c4ccccc4)c4ccccc4)c3n5c21. The second kappa shape index (κ2) is 11.8. The fourth-order valence-corrected chi connectivity index (χ4v) is 10.8. The first-order chi connectivity index (χ1) is 29.5. The van der Waals surface area contributed by atoms with Crippen molar-refractivity contribution in [1.29, 1.82) is 0 Å². The third-order valence-electron chi connectivity index (χ3n) is 13.8. The van der Waals surface area contributed by atoms with Crippen LogP contribution in [-0.2, 0) is 10.8 Å². The molecule has 0 fully saturated rings. The Balaban J connectivity index is 1.28. The van der Waals surface area contributed by atoms with E-state index in [1.54, 1.807) is 0 Å². The van der Waals surface area contributed by atoms with Crippen molar-refractivity contribution in [2.24, 2.45) is 0 Å². The monoisotopic (exact) mass is 783 g/mol. The fraction of sp³-hybridized carbons (Fsp3) is 0.138. The van der Waals surface area contributed by atoms with Gasteiger partial charge in [-0.15, -0.1) is 0 Å². The average molecular weight is 784 g/mol. The van der Waals surface area contributed by atoms with Crippen LogP contribution in [-0.4, -0.2) is 8.80 Å². The fourth-order valence-electron chi connectivity index (χ4n) is 10.8. The Hall–Kier alpha value is -7.10. The van der Waals surface area contributed by atoms with Crippen molar-refractivity contribution in [3.05, 3.63) is 175 Å². The lowest BCUT2D eigenvalue weighted by atomic mass is 9.84. The molecule has 9 aromatic carbocycles. The number of aromatic nitrogens is 2. The summed E-state index contributed by atoms with van der Waals surface area (Å²) in [5, 5.41) is 15.5. The van der Waals surface area contributed by atoms with E-state index < -0.39 is 0 Å². The minimum Gasteiger partial charge on any atom is -0.308 e. The van der Waals surface area contributed by atoms with E-state index in [1.165, 1.54) is 109 Å². The van der Waals surface area contributed by atoms with Gasteiger partial charge in [0.05, 0.1) is 38.8 Å². The third kappa shape index (κ3) is 4.64. The average Bonchev–Trinajstić information content (AvgIpc) is 3.98. The van der Waals surface area contributed by atoms with Gasteiger partial charge in [0.1, 0.15) is 0 Å². The first kappa shape index (κ1) is 34.7. The molecule has 13 rings (SSSR count). The zero-order valence-corrected chi connectivity index (χ0v) is 35.4. The number of anilines is 3. The Labute approximate surface area is 354 Å². The number of nitrogens with zero attached hydrogens (tertiary/aromatic N) is 3. The summed E-state index contributed by atoms with van der Waals surface area (Å²) in [5.74, 6) is 0. The van der Waals surface area contributed by atoms with Crippen molar-refractivity contribution in [3.8, 4) is 0 Å². The molecular weight excluding hydrogens is 739 g/mol. The molecule has 0 saturated carbocycles. The number of rotatable bonds is 3. The maximum absolute atomic E-state index is 2.63. The van der Waals surface area contributed by atoms with Crippen LogP contribution in [0.2, 0.25) is 0 Å². The van der Waals surface area contributed by atoms with Crippen LogP contribution < -0.4 is 4.90 Å². The van der Waals surface area contributed by atoms with E-state index in [2.05, 4.69) is 219 Å². The van der Waals surface area contributed by atoms with Gasteiger partial charge < -0.3 is 13.7 Å². The summed E-state index contributed by atoms with van der Waals surface area (Å²) < 4.78 is 5.21. The molecule has 0 saturated heterocycles. The van der Waals surface area contributed by atoms with E-state index in [0.29, 0.717) is 0 Å². The molecule has 3 nitrogen and oxygen atoms in total. The highest BCUT2D eigenvalue weighted by atomic mass is 15.2. The molecule has 292 valence electrons. The lowest BCUT2D eigenvalue weighted by Crippen LogP contribution is -2.11. The van der Waals surface area contributed by atoms with Crippen molar-refractivity contribution < 1.29 is 0 Å². The van der Waals surface area contributed by atoms with Crippen molar-refractivity contribution in [1.82, 2.24) is 8.80 Å². The van der Waals surface area contributed by atoms with E-state index >= 15 is 0 Å². The standard InChI is InChI=1S/C58H45N3/c1-57(2,3)36-25-26-48-42(29-36)44-30-37(58(4,5)6)31-45-43-32-50-46(33-49(43)60(48)54(44)45)52-40-23-15-13-17-34(40)27-47-53-41-24-16-14-18-35(41)28-51(56(53)61(50)55(47)52)59(38-19-9-7-10-20-38)39-21-11-8-12-22-39/h7-33H,1-6H3. The Morgan fingerprint density at radius 3 is 1.48 bits per heavy atom. The molecule has 0 amide bonds. The van der Waals surface area contributed by atoms with Gasteiger partial charge in [-0.05, 0) is 116 Å². The molecule has 0 radical (unpaired) electrons. The second-order valence-electron chi connectivity index (χ2n) is 19.4. The van der Waals surface area contributed by atoms with E-state index in [0.717, 1.165) is 17.1 Å². The van der Waals surface area contributed by atoms with Crippen LogP contribution in [0.4, 0.5) is 17.1 Å². The predicted molar refractivity (Wildman–Crippen MR) is 263 cm³/mol. The minimum absolute atomic E-state index is 0.0214. The summed E-state index contributed by atoms with van der Waals surface area (Å²) in [5.41, 5.74) is 13.8. The molecule has 0 unspecified atom stereocenters. The van der Waals surface area contributed by atoms with Crippen molar-refractivity contribution in [2.45, 2.75) is 52.4 Å². The van der Waals surface area contributed by atoms with Crippen LogP contribution in [0.15, 0.2) is 164 Å². The first-order valence-corrected chi connectivity index (χ1v) is 21.7. The van der Waals surface area contributed by atoms with Crippen molar-refractivity contribution >= 4 is 115 Å². The van der Waals surface area contributed by atoms with Crippen LogP contribution in [0, 0.1) is 0 Å². The number of hydrogen-bond donors (Lipinski definition) is 0. The van der Waals surface area contributed by atoms with Crippen molar-refractivity contribution in [3.63, 3.8) is 0 Å². The van der Waals surface area contributed by atoms with Gasteiger partial charge in [-0.2, -0.15) is 0 Å². The zero-order chi connectivity index (χ0) is 41.1. The van der Waals surface area contributed by atoms with Gasteiger partial charge in [0.15, 0.2) is 0 Å². The lowest BCUT2D eigenvalue weighted by Gasteiger charge is -2.27. The minimum atomic E-state index is -0.0214. The molecule has 0 aliphatic carbocycles. The Morgan fingerprint density at radius 2 is 0.852 bits per heavy atom. The predicted octanol–water partition coefficient (Wildman–Crippen LogP) is 16.4. The first-order valence-electron chi connectivity index (χ1n) is 21.7. The smallest absolute Gasteiger partial charge is 0.0789 e. The Morgan fingerprint density at radius 1 is 0.344 bits per heavy atom. The van der Waals surface area contributed by atoms with E-state index in [-0.39, 0.29) is 10.8 Å². The summed E-state index contributed by atoms with van der Waals surface area (Å²) in [6, 6.07) is 61.9. The molecule has 0 aliphatic rings. The zero-order valence-electron chi connectivity index (χ0n) is 35.4. The maximum atomic E-state index is 2.63. The van der Waals surface area contributed by atoms with E-state index in [1.807, 2.05) is 0 Å². The normalized spacial score (nSPS) is 13.1. The molecule has 3 heteroatoms. The summed E-state index contributed by atoms with van der Waals surface area (Å²) >= 11 is 0. The summed E-state index contributed by atoms with van der Waals surface area (Å²) in [6.07, 6.45) is 0. The van der Waals surface area contributed by atoms with Crippen LogP contribution in [0.25, 0.3) is 97.7 Å². The van der Waals surface area contributed by atoms with E-state index in [9.17, 15) is 0 Å². The lowest BCUT2D eigenvalue weighted by molar-refractivity contribution is 0.590. The molecule has 0 bridgehead atoms. The van der Waals surface area contributed by atoms with Crippen LogP contribution >= 0.6 is 0 Å². The van der Waals surface area contributed by atoms with Crippen LogP contribution in [0.5, 0.6) is 0 Å². The molecule has 4 heterocycles. The molecule has 0 spiro atoms. The Bertz CT molecular complexity index is 3890. The second-order valence-corrected chi connectivity index (χ2v) is 19.4. The molecule has 4 aromatic heterocycles. The van der Waals surface area contributed by atoms with Gasteiger partial charge in [-0.25, -0.2) is 0 Å². The summed E-state index contributed by atoms with van der Waals surface area (Å²) in [4.78, 5) is 2.46. The third-order valence-corrected chi connectivity index (χ3v) is 13.8. The highest BCUT2D eigenvalue weighted by Gasteiger charge is 2.29. The number of benzene rings is 9. The molecule has 61 heavy (non-hydrogen) atoms. The summed E-state index contributed by atoms with van der Waals surface area (Å²) in [7, 11) is 0. The molecule has 0 N–H and O–H groups in total. The number of hydrogen-bond acceptors (Lipinski definition) is 1. The van der Waals surface area contributed by atoms with Crippen LogP contribution in [0.3, 0.4) is 0 Å². The Kier molecular flexibility index (Phi) is 6.72.